The average molecular weight is 375 g/mol. The smallest absolute Gasteiger partial charge is 0.251 e. The molecule has 138 valence electrons. The second-order valence-corrected chi connectivity index (χ2v) is 6.59. The van der Waals surface area contributed by atoms with Crippen LogP contribution in [-0.4, -0.2) is 31.0 Å². The lowest BCUT2D eigenvalue weighted by Gasteiger charge is -2.21. The zero-order valence-electron chi connectivity index (χ0n) is 14.9. The van der Waals surface area contributed by atoms with Crippen molar-refractivity contribution in [1.29, 1.82) is 0 Å². The van der Waals surface area contributed by atoms with E-state index < -0.39 is 6.04 Å². The molecule has 0 heterocycles. The minimum absolute atomic E-state index is 0.0418. The third kappa shape index (κ3) is 6.08. The topological polar surface area (TPSA) is 67.4 Å². The molecule has 26 heavy (non-hydrogen) atoms. The van der Waals surface area contributed by atoms with Gasteiger partial charge in [0, 0.05) is 10.6 Å². The van der Waals surface area contributed by atoms with Gasteiger partial charge in [-0.05, 0) is 42.3 Å². The molecule has 5 nitrogen and oxygen atoms in total. The van der Waals surface area contributed by atoms with Crippen LogP contribution in [0, 0.1) is 5.92 Å². The zero-order chi connectivity index (χ0) is 18.9. The molecule has 0 spiro atoms. The molecule has 2 aromatic rings. The van der Waals surface area contributed by atoms with Crippen molar-refractivity contribution in [2.75, 3.05) is 13.2 Å². The average Bonchev–Trinajstić information content (AvgIpc) is 2.64. The van der Waals surface area contributed by atoms with Gasteiger partial charge in [0.15, 0.2) is 0 Å². The Balaban J connectivity index is 1.82. The lowest BCUT2D eigenvalue weighted by atomic mass is 10.0. The fraction of sp³-hybridized carbons (Fsp3) is 0.300. The van der Waals surface area contributed by atoms with Crippen molar-refractivity contribution < 1.29 is 14.3 Å². The number of halogens is 1. The number of rotatable bonds is 8. The largest absolute Gasteiger partial charge is 0.492 e. The highest BCUT2D eigenvalue weighted by Gasteiger charge is 2.24. The van der Waals surface area contributed by atoms with Gasteiger partial charge in [0.2, 0.25) is 5.91 Å². The van der Waals surface area contributed by atoms with Gasteiger partial charge >= 0.3 is 0 Å². The fourth-order valence-electron chi connectivity index (χ4n) is 2.33. The Morgan fingerprint density at radius 2 is 1.69 bits per heavy atom. The van der Waals surface area contributed by atoms with Crippen molar-refractivity contribution in [3.63, 3.8) is 0 Å². The van der Waals surface area contributed by atoms with Crippen LogP contribution < -0.4 is 15.4 Å². The van der Waals surface area contributed by atoms with Crippen molar-refractivity contribution in [1.82, 2.24) is 10.6 Å². The molecular weight excluding hydrogens is 352 g/mol. The summed E-state index contributed by atoms with van der Waals surface area (Å²) in [4.78, 5) is 24.7. The Bertz CT molecular complexity index is 718. The second-order valence-electron chi connectivity index (χ2n) is 6.15. The lowest BCUT2D eigenvalue weighted by molar-refractivity contribution is -0.124. The van der Waals surface area contributed by atoms with Crippen LogP contribution in [-0.2, 0) is 4.79 Å². The van der Waals surface area contributed by atoms with E-state index in [0.717, 1.165) is 0 Å². The highest BCUT2D eigenvalue weighted by Crippen LogP contribution is 2.15. The molecule has 2 N–H and O–H groups in total. The van der Waals surface area contributed by atoms with Gasteiger partial charge in [-0.1, -0.05) is 43.6 Å². The lowest BCUT2D eigenvalue weighted by Crippen LogP contribution is -2.50. The molecule has 2 aromatic carbocycles. The van der Waals surface area contributed by atoms with E-state index in [1.54, 1.807) is 48.5 Å². The van der Waals surface area contributed by atoms with Gasteiger partial charge < -0.3 is 15.4 Å². The van der Waals surface area contributed by atoms with Crippen LogP contribution >= 0.6 is 11.6 Å². The molecule has 0 unspecified atom stereocenters. The predicted molar refractivity (Wildman–Crippen MR) is 102 cm³/mol. The third-order valence-electron chi connectivity index (χ3n) is 3.76. The van der Waals surface area contributed by atoms with Crippen LogP contribution in [0.4, 0.5) is 0 Å². The van der Waals surface area contributed by atoms with Gasteiger partial charge in [-0.25, -0.2) is 0 Å². The Hall–Kier alpha value is -2.53. The van der Waals surface area contributed by atoms with E-state index in [0.29, 0.717) is 29.5 Å². The molecule has 0 aliphatic rings. The van der Waals surface area contributed by atoms with Gasteiger partial charge in [-0.3, -0.25) is 9.59 Å². The van der Waals surface area contributed by atoms with E-state index >= 15 is 0 Å². The van der Waals surface area contributed by atoms with Crippen LogP contribution in [0.3, 0.4) is 0 Å². The monoisotopic (exact) mass is 374 g/mol. The van der Waals surface area contributed by atoms with Crippen LogP contribution in [0.5, 0.6) is 5.75 Å². The Morgan fingerprint density at radius 3 is 2.31 bits per heavy atom. The van der Waals surface area contributed by atoms with Crippen LogP contribution in [0.25, 0.3) is 0 Å². The first-order valence-corrected chi connectivity index (χ1v) is 8.87. The highest BCUT2D eigenvalue weighted by molar-refractivity contribution is 6.30. The number of amides is 2. The maximum absolute atomic E-state index is 12.4. The van der Waals surface area contributed by atoms with Gasteiger partial charge in [0.25, 0.3) is 5.91 Å². The number of ether oxygens (including phenoxy) is 1. The summed E-state index contributed by atoms with van der Waals surface area (Å²) in [5.41, 5.74) is 0.525. The molecule has 0 fully saturated rings. The summed E-state index contributed by atoms with van der Waals surface area (Å²) in [5, 5.41) is 6.23. The van der Waals surface area contributed by atoms with Crippen molar-refractivity contribution in [2.24, 2.45) is 5.92 Å². The molecule has 1 atom stereocenters. The predicted octanol–water partition coefficient (Wildman–Crippen LogP) is 3.29. The zero-order valence-corrected chi connectivity index (χ0v) is 15.6. The van der Waals surface area contributed by atoms with Crippen molar-refractivity contribution in [3.8, 4) is 5.75 Å². The molecule has 6 heteroatoms. The summed E-state index contributed by atoms with van der Waals surface area (Å²) in [5.74, 6) is 0.141. The molecular formula is C20H23ClN2O3. The van der Waals surface area contributed by atoms with Crippen molar-refractivity contribution >= 4 is 23.4 Å². The first-order valence-electron chi connectivity index (χ1n) is 8.49. The quantitative estimate of drug-likeness (QED) is 0.697. The number of hydrogen-bond donors (Lipinski definition) is 2. The first kappa shape index (κ1) is 19.8. The Morgan fingerprint density at radius 1 is 1.04 bits per heavy atom. The number of carbonyl (C=O) groups excluding carboxylic acids is 2. The van der Waals surface area contributed by atoms with E-state index in [1.165, 1.54) is 0 Å². The summed E-state index contributed by atoms with van der Waals surface area (Å²) >= 11 is 5.82. The Labute approximate surface area is 158 Å². The summed E-state index contributed by atoms with van der Waals surface area (Å²) in [6, 6.07) is 15.2. The maximum atomic E-state index is 12.4. The molecule has 0 radical (unpaired) electrons. The first-order chi connectivity index (χ1) is 12.5. The van der Waals surface area contributed by atoms with Gasteiger partial charge in [0.1, 0.15) is 18.4 Å². The third-order valence-corrected chi connectivity index (χ3v) is 4.01. The summed E-state index contributed by atoms with van der Waals surface area (Å²) in [6.07, 6.45) is 0. The van der Waals surface area contributed by atoms with Gasteiger partial charge in [-0.2, -0.15) is 0 Å². The van der Waals surface area contributed by atoms with Crippen LogP contribution in [0.15, 0.2) is 54.6 Å². The van der Waals surface area contributed by atoms with E-state index in [-0.39, 0.29) is 17.7 Å². The SMILES string of the molecule is CC(C)[C@H](NC(=O)c1ccccc1)C(=O)NCCOc1ccc(Cl)cc1. The summed E-state index contributed by atoms with van der Waals surface area (Å²) in [7, 11) is 0. The minimum atomic E-state index is -0.613. The van der Waals surface area contributed by atoms with Crippen LogP contribution in [0.1, 0.15) is 24.2 Å². The molecule has 0 aromatic heterocycles. The molecule has 0 bridgehead atoms. The number of benzene rings is 2. The summed E-state index contributed by atoms with van der Waals surface area (Å²) < 4.78 is 5.54. The van der Waals surface area contributed by atoms with Crippen molar-refractivity contribution in [2.45, 2.75) is 19.9 Å². The van der Waals surface area contributed by atoms with Crippen LogP contribution in [0.2, 0.25) is 5.02 Å². The van der Waals surface area contributed by atoms with E-state index in [9.17, 15) is 9.59 Å². The summed E-state index contributed by atoms with van der Waals surface area (Å²) in [6.45, 7) is 4.44. The van der Waals surface area contributed by atoms with Gasteiger partial charge in [-0.15, -0.1) is 0 Å². The maximum Gasteiger partial charge on any atom is 0.251 e. The van der Waals surface area contributed by atoms with E-state index in [2.05, 4.69) is 10.6 Å². The minimum Gasteiger partial charge on any atom is -0.492 e. The number of hydrogen-bond acceptors (Lipinski definition) is 3. The molecule has 0 saturated heterocycles. The fourth-order valence-corrected chi connectivity index (χ4v) is 2.46. The molecule has 0 aliphatic heterocycles. The molecule has 2 amide bonds. The normalized spacial score (nSPS) is 11.7. The molecule has 2 rings (SSSR count). The molecule has 0 aliphatic carbocycles. The second kappa shape index (κ2) is 9.82. The Kier molecular flexibility index (Phi) is 7.48. The number of carbonyl (C=O) groups is 2. The van der Waals surface area contributed by atoms with Gasteiger partial charge in [0.05, 0.1) is 6.54 Å². The highest BCUT2D eigenvalue weighted by atomic mass is 35.5. The van der Waals surface area contributed by atoms with E-state index in [1.807, 2.05) is 19.9 Å². The van der Waals surface area contributed by atoms with Crippen molar-refractivity contribution in [3.05, 3.63) is 65.2 Å². The standard InChI is InChI=1S/C20H23ClN2O3/c1-14(2)18(23-19(24)15-6-4-3-5-7-15)20(25)22-12-13-26-17-10-8-16(21)9-11-17/h3-11,14,18H,12-13H2,1-2H3,(H,22,25)(H,23,24)/t18-/m0/s1. The number of nitrogens with one attached hydrogen (secondary N) is 2. The molecule has 0 saturated carbocycles. The van der Waals surface area contributed by atoms with E-state index in [4.69, 9.17) is 16.3 Å².